The van der Waals surface area contributed by atoms with Crippen LogP contribution in [0.3, 0.4) is 0 Å². The van der Waals surface area contributed by atoms with Gasteiger partial charge in [-0.15, -0.1) is 0 Å². The molecular formula is C8H8Cl2O2. The second kappa shape index (κ2) is 4.10. The maximum Gasteiger partial charge on any atom is 0.104 e. The fourth-order valence-corrected chi connectivity index (χ4v) is 1.31. The van der Waals surface area contributed by atoms with Crippen LogP contribution in [-0.4, -0.2) is 16.8 Å². The van der Waals surface area contributed by atoms with Crippen molar-refractivity contribution in [3.8, 4) is 0 Å². The van der Waals surface area contributed by atoms with Crippen molar-refractivity contribution in [1.82, 2.24) is 0 Å². The molecule has 12 heavy (non-hydrogen) atoms. The molecule has 1 aromatic rings. The third kappa shape index (κ3) is 1.90. The molecule has 1 rings (SSSR count). The van der Waals surface area contributed by atoms with E-state index in [-0.39, 0.29) is 6.61 Å². The predicted octanol–water partition coefficient (Wildman–Crippen LogP) is 2.02. The summed E-state index contributed by atoms with van der Waals surface area (Å²) in [5.74, 6) is 0. The van der Waals surface area contributed by atoms with Gasteiger partial charge in [-0.2, -0.15) is 0 Å². The molecule has 0 bridgehead atoms. The Morgan fingerprint density at radius 3 is 2.58 bits per heavy atom. The molecule has 1 atom stereocenters. The molecule has 2 N–H and O–H groups in total. The minimum Gasteiger partial charge on any atom is -0.393 e. The van der Waals surface area contributed by atoms with Crippen LogP contribution in [0.15, 0.2) is 18.2 Å². The van der Waals surface area contributed by atoms with Crippen LogP contribution in [0.4, 0.5) is 0 Å². The van der Waals surface area contributed by atoms with E-state index in [1.165, 1.54) is 0 Å². The van der Waals surface area contributed by atoms with Gasteiger partial charge in [0.05, 0.1) is 16.7 Å². The Labute approximate surface area is 80.4 Å². The Morgan fingerprint density at radius 1 is 1.33 bits per heavy atom. The second-order valence-corrected chi connectivity index (χ2v) is 3.13. The van der Waals surface area contributed by atoms with E-state index in [9.17, 15) is 5.11 Å². The lowest BCUT2D eigenvalue weighted by molar-refractivity contribution is 0.0957. The van der Waals surface area contributed by atoms with Crippen molar-refractivity contribution in [2.45, 2.75) is 6.10 Å². The van der Waals surface area contributed by atoms with E-state index in [4.69, 9.17) is 28.3 Å². The van der Waals surface area contributed by atoms with Crippen LogP contribution in [-0.2, 0) is 0 Å². The van der Waals surface area contributed by atoms with Gasteiger partial charge >= 0.3 is 0 Å². The smallest absolute Gasteiger partial charge is 0.104 e. The molecular weight excluding hydrogens is 199 g/mol. The molecule has 66 valence electrons. The highest BCUT2D eigenvalue weighted by Gasteiger charge is 2.11. The number of aliphatic hydroxyl groups excluding tert-OH is 2. The molecule has 0 heterocycles. The van der Waals surface area contributed by atoms with Crippen LogP contribution >= 0.6 is 23.2 Å². The Morgan fingerprint density at radius 2 is 2.00 bits per heavy atom. The molecule has 1 aromatic carbocycles. The fourth-order valence-electron chi connectivity index (χ4n) is 0.876. The van der Waals surface area contributed by atoms with Crippen LogP contribution in [0.1, 0.15) is 11.7 Å². The van der Waals surface area contributed by atoms with Crippen molar-refractivity contribution in [3.05, 3.63) is 33.8 Å². The summed E-state index contributed by atoms with van der Waals surface area (Å²) >= 11 is 11.5. The molecule has 2 nitrogen and oxygen atoms in total. The highest BCUT2D eigenvalue weighted by atomic mass is 35.5. The van der Waals surface area contributed by atoms with Gasteiger partial charge in [-0.25, -0.2) is 0 Å². The van der Waals surface area contributed by atoms with Crippen molar-refractivity contribution in [2.75, 3.05) is 6.61 Å². The Kier molecular flexibility index (Phi) is 3.35. The zero-order chi connectivity index (χ0) is 9.14. The maximum atomic E-state index is 9.24. The minimum atomic E-state index is -0.962. The summed E-state index contributed by atoms with van der Waals surface area (Å²) in [4.78, 5) is 0. The fraction of sp³-hybridized carbons (Fsp3) is 0.250. The number of halogens is 2. The van der Waals surface area contributed by atoms with Gasteiger partial charge in [0, 0.05) is 5.56 Å². The number of benzene rings is 1. The zero-order valence-corrected chi connectivity index (χ0v) is 7.68. The van der Waals surface area contributed by atoms with Crippen molar-refractivity contribution in [2.24, 2.45) is 0 Å². The first-order chi connectivity index (χ1) is 5.66. The van der Waals surface area contributed by atoms with E-state index in [1.54, 1.807) is 18.2 Å². The summed E-state index contributed by atoms with van der Waals surface area (Å²) in [6, 6.07) is 4.91. The quantitative estimate of drug-likeness (QED) is 0.778. The normalized spacial score (nSPS) is 13.0. The van der Waals surface area contributed by atoms with E-state index in [0.717, 1.165) is 0 Å². The van der Waals surface area contributed by atoms with E-state index < -0.39 is 6.10 Å². The van der Waals surface area contributed by atoms with Gasteiger partial charge in [0.1, 0.15) is 6.10 Å². The third-order valence-electron chi connectivity index (χ3n) is 1.51. The highest BCUT2D eigenvalue weighted by Crippen LogP contribution is 2.29. The SMILES string of the molecule is OCC(O)c1cccc(Cl)c1Cl. The number of rotatable bonds is 2. The van der Waals surface area contributed by atoms with Crippen LogP contribution in [0.25, 0.3) is 0 Å². The van der Waals surface area contributed by atoms with E-state index in [2.05, 4.69) is 0 Å². The Bertz CT molecular complexity index is 276. The van der Waals surface area contributed by atoms with Crippen LogP contribution in [0.2, 0.25) is 10.0 Å². The predicted molar refractivity (Wildman–Crippen MR) is 48.5 cm³/mol. The third-order valence-corrected chi connectivity index (χ3v) is 2.35. The van der Waals surface area contributed by atoms with Gasteiger partial charge in [0.15, 0.2) is 0 Å². The van der Waals surface area contributed by atoms with Crippen molar-refractivity contribution in [3.63, 3.8) is 0 Å². The molecule has 0 aliphatic heterocycles. The number of aliphatic hydroxyl groups is 2. The molecule has 0 amide bonds. The number of hydrogen-bond donors (Lipinski definition) is 2. The summed E-state index contributed by atoms with van der Waals surface area (Å²) in [5, 5.41) is 18.6. The zero-order valence-electron chi connectivity index (χ0n) is 6.17. The first kappa shape index (κ1) is 9.81. The summed E-state index contributed by atoms with van der Waals surface area (Å²) < 4.78 is 0. The summed E-state index contributed by atoms with van der Waals surface area (Å²) in [6.07, 6.45) is -0.962. The molecule has 0 saturated carbocycles. The topological polar surface area (TPSA) is 40.5 Å². The lowest BCUT2D eigenvalue weighted by atomic mass is 10.1. The van der Waals surface area contributed by atoms with E-state index in [0.29, 0.717) is 15.6 Å². The average molecular weight is 207 g/mol. The molecule has 0 aliphatic rings. The maximum absolute atomic E-state index is 9.24. The van der Waals surface area contributed by atoms with Crippen LogP contribution < -0.4 is 0 Å². The molecule has 0 aromatic heterocycles. The largest absolute Gasteiger partial charge is 0.393 e. The van der Waals surface area contributed by atoms with Crippen molar-refractivity contribution < 1.29 is 10.2 Å². The molecule has 0 saturated heterocycles. The standard InChI is InChI=1S/C8H8Cl2O2/c9-6-3-1-2-5(8(6)10)7(12)4-11/h1-3,7,11-12H,4H2. The Hall–Kier alpha value is -0.280. The molecule has 0 radical (unpaired) electrons. The first-order valence-electron chi connectivity index (χ1n) is 3.39. The van der Waals surface area contributed by atoms with Crippen LogP contribution in [0, 0.1) is 0 Å². The second-order valence-electron chi connectivity index (χ2n) is 2.34. The highest BCUT2D eigenvalue weighted by molar-refractivity contribution is 6.42. The summed E-state index contributed by atoms with van der Waals surface area (Å²) in [5.41, 5.74) is 0.451. The van der Waals surface area contributed by atoms with Gasteiger partial charge < -0.3 is 10.2 Å². The average Bonchev–Trinajstić information content (AvgIpc) is 2.08. The van der Waals surface area contributed by atoms with Gasteiger partial charge in [-0.3, -0.25) is 0 Å². The lowest BCUT2D eigenvalue weighted by Crippen LogP contribution is -2.02. The number of hydrogen-bond acceptors (Lipinski definition) is 2. The molecule has 1 unspecified atom stereocenters. The molecule has 0 fully saturated rings. The van der Waals surface area contributed by atoms with E-state index in [1.807, 2.05) is 0 Å². The van der Waals surface area contributed by atoms with Gasteiger partial charge in [0.2, 0.25) is 0 Å². The van der Waals surface area contributed by atoms with Gasteiger partial charge in [-0.1, -0.05) is 35.3 Å². The Balaban J connectivity index is 3.07. The molecule has 0 aliphatic carbocycles. The van der Waals surface area contributed by atoms with E-state index >= 15 is 0 Å². The molecule has 0 spiro atoms. The summed E-state index contributed by atoms with van der Waals surface area (Å²) in [6.45, 7) is -0.361. The van der Waals surface area contributed by atoms with Crippen molar-refractivity contribution >= 4 is 23.2 Å². The van der Waals surface area contributed by atoms with Gasteiger partial charge in [-0.05, 0) is 6.07 Å². The van der Waals surface area contributed by atoms with Crippen LogP contribution in [0.5, 0.6) is 0 Å². The lowest BCUT2D eigenvalue weighted by Gasteiger charge is -2.09. The van der Waals surface area contributed by atoms with Crippen molar-refractivity contribution in [1.29, 1.82) is 0 Å². The molecule has 4 heteroatoms. The summed E-state index contributed by atoms with van der Waals surface area (Å²) in [7, 11) is 0. The van der Waals surface area contributed by atoms with Gasteiger partial charge in [0.25, 0.3) is 0 Å². The first-order valence-corrected chi connectivity index (χ1v) is 4.15. The minimum absolute atomic E-state index is 0.292. The monoisotopic (exact) mass is 206 g/mol.